The van der Waals surface area contributed by atoms with Crippen LogP contribution in [-0.4, -0.2) is 16.1 Å². The third-order valence-corrected chi connectivity index (χ3v) is 3.18. The van der Waals surface area contributed by atoms with Crippen molar-refractivity contribution in [2.75, 3.05) is 11.9 Å². The molecule has 0 bridgehead atoms. The molecule has 2 rings (SSSR count). The van der Waals surface area contributed by atoms with Crippen LogP contribution < -0.4 is 10.9 Å². The molecule has 0 aliphatic heterocycles. The molecule has 0 amide bonds. The first-order chi connectivity index (χ1) is 9.08. The van der Waals surface area contributed by atoms with Crippen molar-refractivity contribution in [1.29, 1.82) is 0 Å². The van der Waals surface area contributed by atoms with E-state index in [1.54, 1.807) is 10.6 Å². The molecule has 0 aliphatic carbocycles. The number of benzene rings is 1. The number of para-hydroxylation sites is 1. The van der Waals surface area contributed by atoms with Crippen LogP contribution in [0.25, 0.3) is 0 Å². The van der Waals surface area contributed by atoms with E-state index in [-0.39, 0.29) is 5.56 Å². The summed E-state index contributed by atoms with van der Waals surface area (Å²) in [6.07, 6.45) is 0. The van der Waals surface area contributed by atoms with Gasteiger partial charge in [0.1, 0.15) is 5.82 Å². The number of nitrogens with zero attached hydrogens (tertiary/aromatic N) is 2. The summed E-state index contributed by atoms with van der Waals surface area (Å²) >= 11 is 6.05. The lowest BCUT2D eigenvalue weighted by Gasteiger charge is -2.11. The van der Waals surface area contributed by atoms with Gasteiger partial charge in [0, 0.05) is 24.8 Å². The molecule has 0 atom stereocenters. The molecule has 1 heterocycles. The maximum Gasteiger partial charge on any atom is 0.253 e. The Morgan fingerprint density at radius 3 is 2.74 bits per heavy atom. The lowest BCUT2D eigenvalue weighted by molar-refractivity contribution is 0.648. The molecule has 0 spiro atoms. The van der Waals surface area contributed by atoms with Crippen LogP contribution in [0, 0.1) is 13.8 Å². The Labute approximate surface area is 117 Å². The highest BCUT2D eigenvalue weighted by molar-refractivity contribution is 6.33. The summed E-state index contributed by atoms with van der Waals surface area (Å²) in [5, 5.41) is 3.89. The molecule has 1 aromatic carbocycles. The molecule has 19 heavy (non-hydrogen) atoms. The summed E-state index contributed by atoms with van der Waals surface area (Å²) in [5.74, 6) is 0.728. The van der Waals surface area contributed by atoms with Crippen LogP contribution in [0.4, 0.5) is 5.69 Å². The Kier molecular flexibility index (Phi) is 4.22. The van der Waals surface area contributed by atoms with E-state index in [4.69, 9.17) is 11.6 Å². The number of halogens is 1. The third-order valence-electron chi connectivity index (χ3n) is 2.85. The lowest BCUT2D eigenvalue weighted by atomic mass is 10.3. The second-order valence-corrected chi connectivity index (χ2v) is 4.75. The van der Waals surface area contributed by atoms with Crippen molar-refractivity contribution >= 4 is 17.3 Å². The Balaban J connectivity index is 2.04. The predicted octanol–water partition coefficient (Wildman–Crippen LogP) is 2.63. The molecule has 2 aromatic rings. The van der Waals surface area contributed by atoms with Gasteiger partial charge in [0.25, 0.3) is 5.56 Å². The molecule has 0 unspecified atom stereocenters. The summed E-state index contributed by atoms with van der Waals surface area (Å²) in [4.78, 5) is 16.1. The van der Waals surface area contributed by atoms with Crippen molar-refractivity contribution in [3.63, 3.8) is 0 Å². The standard InChI is InChI=1S/C14H16ClN3O/c1-10-9-14(19)18(11(2)17-10)8-7-16-13-6-4-3-5-12(13)15/h3-6,9,16H,7-8H2,1-2H3. The normalized spacial score (nSPS) is 10.5. The van der Waals surface area contributed by atoms with E-state index >= 15 is 0 Å². The molecule has 0 saturated heterocycles. The Hall–Kier alpha value is -1.81. The van der Waals surface area contributed by atoms with E-state index < -0.39 is 0 Å². The highest BCUT2D eigenvalue weighted by Gasteiger charge is 2.03. The number of aromatic nitrogens is 2. The molecule has 5 heteroatoms. The van der Waals surface area contributed by atoms with Crippen molar-refractivity contribution in [1.82, 2.24) is 9.55 Å². The minimum atomic E-state index is -0.0223. The average molecular weight is 278 g/mol. The van der Waals surface area contributed by atoms with Crippen LogP contribution in [-0.2, 0) is 6.54 Å². The van der Waals surface area contributed by atoms with Crippen LogP contribution in [0.5, 0.6) is 0 Å². The van der Waals surface area contributed by atoms with Crippen LogP contribution >= 0.6 is 11.6 Å². The Bertz CT molecular complexity index is 637. The van der Waals surface area contributed by atoms with Gasteiger partial charge in [-0.15, -0.1) is 0 Å². The van der Waals surface area contributed by atoms with E-state index in [2.05, 4.69) is 10.3 Å². The molecule has 1 aromatic heterocycles. The van der Waals surface area contributed by atoms with Crippen molar-refractivity contribution < 1.29 is 0 Å². The van der Waals surface area contributed by atoms with Gasteiger partial charge in [0.05, 0.1) is 10.7 Å². The summed E-state index contributed by atoms with van der Waals surface area (Å²) in [5.41, 5.74) is 1.60. The van der Waals surface area contributed by atoms with Gasteiger partial charge in [0.15, 0.2) is 0 Å². The number of nitrogens with one attached hydrogen (secondary N) is 1. The van der Waals surface area contributed by atoms with Crippen molar-refractivity contribution in [3.8, 4) is 0 Å². The van der Waals surface area contributed by atoms with Crippen molar-refractivity contribution in [3.05, 3.63) is 57.2 Å². The Morgan fingerprint density at radius 2 is 2.05 bits per heavy atom. The summed E-state index contributed by atoms with van der Waals surface area (Å²) in [7, 11) is 0. The third kappa shape index (κ3) is 3.35. The van der Waals surface area contributed by atoms with Crippen LogP contribution in [0.3, 0.4) is 0 Å². The van der Waals surface area contributed by atoms with E-state index in [0.29, 0.717) is 18.1 Å². The van der Waals surface area contributed by atoms with E-state index in [1.807, 2.05) is 38.1 Å². The van der Waals surface area contributed by atoms with Gasteiger partial charge >= 0.3 is 0 Å². The molecule has 0 fully saturated rings. The van der Waals surface area contributed by atoms with E-state index in [9.17, 15) is 4.79 Å². The highest BCUT2D eigenvalue weighted by atomic mass is 35.5. The van der Waals surface area contributed by atoms with Crippen molar-refractivity contribution in [2.45, 2.75) is 20.4 Å². The molecular formula is C14H16ClN3O. The van der Waals surface area contributed by atoms with E-state index in [1.165, 1.54) is 0 Å². The smallest absolute Gasteiger partial charge is 0.253 e. The summed E-state index contributed by atoms with van der Waals surface area (Å²) in [6.45, 7) is 4.84. The number of rotatable bonds is 4. The first-order valence-corrected chi connectivity index (χ1v) is 6.49. The molecular weight excluding hydrogens is 262 g/mol. The van der Waals surface area contributed by atoms with Gasteiger partial charge in [-0.05, 0) is 26.0 Å². The zero-order valence-electron chi connectivity index (χ0n) is 11.0. The summed E-state index contributed by atoms with van der Waals surface area (Å²) in [6, 6.07) is 9.08. The minimum Gasteiger partial charge on any atom is -0.382 e. The zero-order valence-corrected chi connectivity index (χ0v) is 11.7. The monoisotopic (exact) mass is 277 g/mol. The number of anilines is 1. The first-order valence-electron chi connectivity index (χ1n) is 6.11. The van der Waals surface area contributed by atoms with Gasteiger partial charge < -0.3 is 5.32 Å². The lowest BCUT2D eigenvalue weighted by Crippen LogP contribution is -2.26. The maximum absolute atomic E-state index is 11.8. The first kappa shape index (κ1) is 13.6. The largest absolute Gasteiger partial charge is 0.382 e. The SMILES string of the molecule is Cc1cc(=O)n(CCNc2ccccc2Cl)c(C)n1. The number of hydrogen-bond acceptors (Lipinski definition) is 3. The van der Waals surface area contributed by atoms with Gasteiger partial charge in [-0.1, -0.05) is 23.7 Å². The second-order valence-electron chi connectivity index (χ2n) is 4.34. The summed E-state index contributed by atoms with van der Waals surface area (Å²) < 4.78 is 1.65. The molecule has 4 nitrogen and oxygen atoms in total. The average Bonchev–Trinajstić information content (AvgIpc) is 2.34. The quantitative estimate of drug-likeness (QED) is 0.934. The minimum absolute atomic E-state index is 0.0223. The number of aryl methyl sites for hydroxylation is 2. The topological polar surface area (TPSA) is 46.9 Å². The molecule has 0 saturated carbocycles. The fraction of sp³-hybridized carbons (Fsp3) is 0.286. The van der Waals surface area contributed by atoms with Gasteiger partial charge in [-0.25, -0.2) is 4.98 Å². The molecule has 0 aliphatic rings. The fourth-order valence-electron chi connectivity index (χ4n) is 1.94. The fourth-order valence-corrected chi connectivity index (χ4v) is 2.15. The zero-order chi connectivity index (χ0) is 13.8. The van der Waals surface area contributed by atoms with Crippen LogP contribution in [0.1, 0.15) is 11.5 Å². The molecule has 1 N–H and O–H groups in total. The van der Waals surface area contributed by atoms with E-state index in [0.717, 1.165) is 17.2 Å². The number of hydrogen-bond donors (Lipinski definition) is 1. The van der Waals surface area contributed by atoms with Gasteiger partial charge in [-0.3, -0.25) is 9.36 Å². The Morgan fingerprint density at radius 1 is 1.32 bits per heavy atom. The van der Waals surface area contributed by atoms with Gasteiger partial charge in [0.2, 0.25) is 0 Å². The molecule has 0 radical (unpaired) electrons. The second kappa shape index (κ2) is 5.89. The van der Waals surface area contributed by atoms with Crippen LogP contribution in [0.15, 0.2) is 35.1 Å². The van der Waals surface area contributed by atoms with Crippen LogP contribution in [0.2, 0.25) is 5.02 Å². The predicted molar refractivity (Wildman–Crippen MR) is 77.9 cm³/mol. The van der Waals surface area contributed by atoms with Crippen molar-refractivity contribution in [2.24, 2.45) is 0 Å². The molecule has 100 valence electrons. The van der Waals surface area contributed by atoms with Gasteiger partial charge in [-0.2, -0.15) is 0 Å². The maximum atomic E-state index is 11.8. The highest BCUT2D eigenvalue weighted by Crippen LogP contribution is 2.19.